The van der Waals surface area contributed by atoms with Crippen LogP contribution in [0.4, 0.5) is 0 Å². The molecule has 0 spiro atoms. The highest BCUT2D eigenvalue weighted by molar-refractivity contribution is 7.99. The van der Waals surface area contributed by atoms with Crippen molar-refractivity contribution in [3.8, 4) is 0 Å². The standard InChI is InChI=1S/C13H24N2OS/c16-13(15-8-6-14-7-9-15)5-10-17-11-12-3-1-2-4-12/h12,14H,1-11H2. The van der Waals surface area contributed by atoms with Gasteiger partial charge in [0.05, 0.1) is 0 Å². The molecule has 98 valence electrons. The Morgan fingerprint density at radius 2 is 1.94 bits per heavy atom. The minimum absolute atomic E-state index is 0.352. The summed E-state index contributed by atoms with van der Waals surface area (Å²) in [5.41, 5.74) is 0. The number of piperazine rings is 1. The van der Waals surface area contributed by atoms with E-state index < -0.39 is 0 Å². The van der Waals surface area contributed by atoms with Crippen LogP contribution < -0.4 is 5.32 Å². The maximum absolute atomic E-state index is 11.9. The molecule has 2 aliphatic rings. The SMILES string of the molecule is O=C(CCSCC1CCCC1)N1CCNCC1. The number of carbonyl (C=O) groups excluding carboxylic acids is 1. The first-order chi connectivity index (χ1) is 8.36. The number of rotatable bonds is 5. The number of amides is 1. The first-order valence-corrected chi connectivity index (χ1v) is 8.08. The average molecular weight is 256 g/mol. The van der Waals surface area contributed by atoms with Gasteiger partial charge in [0.2, 0.25) is 5.91 Å². The summed E-state index contributed by atoms with van der Waals surface area (Å²) in [6.45, 7) is 3.71. The summed E-state index contributed by atoms with van der Waals surface area (Å²) in [4.78, 5) is 13.9. The lowest BCUT2D eigenvalue weighted by molar-refractivity contribution is -0.131. The third-order valence-corrected chi connectivity index (χ3v) is 4.96. The van der Waals surface area contributed by atoms with E-state index in [1.54, 1.807) is 0 Å². The Hall–Kier alpha value is -0.220. The van der Waals surface area contributed by atoms with E-state index in [1.165, 1.54) is 31.4 Å². The van der Waals surface area contributed by atoms with E-state index in [2.05, 4.69) is 5.32 Å². The Balaban J connectivity index is 1.53. The molecule has 0 atom stereocenters. The quantitative estimate of drug-likeness (QED) is 0.760. The fourth-order valence-corrected chi connectivity index (χ4v) is 3.81. The monoisotopic (exact) mass is 256 g/mol. The number of nitrogens with zero attached hydrogens (tertiary/aromatic N) is 1. The second-order valence-corrected chi connectivity index (χ2v) is 6.26. The molecule has 0 unspecified atom stereocenters. The Labute approximate surface area is 109 Å². The van der Waals surface area contributed by atoms with Crippen LogP contribution in [0.5, 0.6) is 0 Å². The van der Waals surface area contributed by atoms with E-state index >= 15 is 0 Å². The van der Waals surface area contributed by atoms with Crippen molar-refractivity contribution in [2.45, 2.75) is 32.1 Å². The molecule has 1 N–H and O–H groups in total. The maximum atomic E-state index is 11.9. The summed E-state index contributed by atoms with van der Waals surface area (Å²) in [5.74, 6) is 3.58. The smallest absolute Gasteiger partial charge is 0.223 e. The van der Waals surface area contributed by atoms with Crippen molar-refractivity contribution >= 4 is 17.7 Å². The molecular formula is C13H24N2OS. The van der Waals surface area contributed by atoms with E-state index in [4.69, 9.17) is 0 Å². The molecule has 0 bridgehead atoms. The fourth-order valence-electron chi connectivity index (χ4n) is 2.66. The summed E-state index contributed by atoms with van der Waals surface area (Å²) >= 11 is 1.98. The highest BCUT2D eigenvalue weighted by Crippen LogP contribution is 2.27. The lowest BCUT2D eigenvalue weighted by atomic mass is 10.1. The number of nitrogens with one attached hydrogen (secondary N) is 1. The summed E-state index contributed by atoms with van der Waals surface area (Å²) in [6.07, 6.45) is 6.41. The van der Waals surface area contributed by atoms with Crippen LogP contribution in [0.25, 0.3) is 0 Å². The van der Waals surface area contributed by atoms with Gasteiger partial charge in [-0.25, -0.2) is 0 Å². The van der Waals surface area contributed by atoms with Crippen LogP contribution in [0.1, 0.15) is 32.1 Å². The molecule has 2 rings (SSSR count). The molecule has 0 aromatic rings. The first kappa shape index (κ1) is 13.2. The van der Waals surface area contributed by atoms with Gasteiger partial charge in [-0.05, 0) is 24.5 Å². The fraction of sp³-hybridized carbons (Fsp3) is 0.923. The molecule has 2 fully saturated rings. The Bertz CT molecular complexity index is 236. The van der Waals surface area contributed by atoms with Gasteiger partial charge in [-0.2, -0.15) is 11.8 Å². The van der Waals surface area contributed by atoms with E-state index in [-0.39, 0.29) is 0 Å². The Morgan fingerprint density at radius 3 is 2.65 bits per heavy atom. The van der Waals surface area contributed by atoms with Crippen molar-refractivity contribution in [1.29, 1.82) is 0 Å². The molecule has 1 aliphatic carbocycles. The highest BCUT2D eigenvalue weighted by Gasteiger charge is 2.17. The van der Waals surface area contributed by atoms with Crippen molar-refractivity contribution in [3.05, 3.63) is 0 Å². The number of thioether (sulfide) groups is 1. The van der Waals surface area contributed by atoms with Crippen molar-refractivity contribution in [3.63, 3.8) is 0 Å². The van der Waals surface area contributed by atoms with E-state index in [1.807, 2.05) is 16.7 Å². The Kier molecular flexibility index (Phi) is 5.65. The van der Waals surface area contributed by atoms with Crippen LogP contribution in [-0.4, -0.2) is 48.5 Å². The van der Waals surface area contributed by atoms with Gasteiger partial charge in [0.25, 0.3) is 0 Å². The van der Waals surface area contributed by atoms with Gasteiger partial charge in [0.1, 0.15) is 0 Å². The molecule has 4 heteroatoms. The van der Waals surface area contributed by atoms with Gasteiger partial charge in [-0.3, -0.25) is 4.79 Å². The van der Waals surface area contributed by atoms with E-state index in [0.717, 1.165) is 44.3 Å². The second-order valence-electron chi connectivity index (χ2n) is 5.11. The summed E-state index contributed by atoms with van der Waals surface area (Å²) in [7, 11) is 0. The van der Waals surface area contributed by atoms with Crippen LogP contribution in [0.3, 0.4) is 0 Å². The van der Waals surface area contributed by atoms with Gasteiger partial charge >= 0.3 is 0 Å². The summed E-state index contributed by atoms with van der Waals surface area (Å²) in [5, 5.41) is 3.27. The maximum Gasteiger partial charge on any atom is 0.223 e. The van der Waals surface area contributed by atoms with Gasteiger partial charge in [-0.15, -0.1) is 0 Å². The van der Waals surface area contributed by atoms with Crippen LogP contribution in [-0.2, 0) is 4.79 Å². The largest absolute Gasteiger partial charge is 0.340 e. The predicted molar refractivity (Wildman–Crippen MR) is 73.3 cm³/mol. The third kappa shape index (κ3) is 4.51. The molecule has 1 heterocycles. The number of carbonyl (C=O) groups is 1. The van der Waals surface area contributed by atoms with Crippen LogP contribution >= 0.6 is 11.8 Å². The molecule has 0 aromatic carbocycles. The molecule has 17 heavy (non-hydrogen) atoms. The van der Waals surface area contributed by atoms with Crippen molar-refractivity contribution < 1.29 is 4.79 Å². The van der Waals surface area contributed by atoms with E-state index in [0.29, 0.717) is 5.91 Å². The highest BCUT2D eigenvalue weighted by atomic mass is 32.2. The van der Waals surface area contributed by atoms with Crippen molar-refractivity contribution in [2.75, 3.05) is 37.7 Å². The molecule has 0 aromatic heterocycles. The molecule has 1 saturated heterocycles. The number of hydrogen-bond acceptors (Lipinski definition) is 3. The predicted octanol–water partition coefficient (Wildman–Crippen LogP) is 1.73. The summed E-state index contributed by atoms with van der Waals surface area (Å²) < 4.78 is 0. The van der Waals surface area contributed by atoms with E-state index in [9.17, 15) is 4.79 Å². The normalized spacial score (nSPS) is 22.0. The lowest BCUT2D eigenvalue weighted by Crippen LogP contribution is -2.46. The van der Waals surface area contributed by atoms with Crippen LogP contribution in [0, 0.1) is 5.92 Å². The van der Waals surface area contributed by atoms with Gasteiger partial charge in [0.15, 0.2) is 0 Å². The zero-order valence-corrected chi connectivity index (χ0v) is 11.4. The number of hydrogen-bond donors (Lipinski definition) is 1. The van der Waals surface area contributed by atoms with Crippen LogP contribution in [0.2, 0.25) is 0 Å². The molecule has 1 saturated carbocycles. The first-order valence-electron chi connectivity index (χ1n) is 6.92. The average Bonchev–Trinajstić information content (AvgIpc) is 2.88. The minimum Gasteiger partial charge on any atom is -0.340 e. The van der Waals surface area contributed by atoms with Crippen molar-refractivity contribution in [2.24, 2.45) is 5.92 Å². The molecule has 3 nitrogen and oxygen atoms in total. The topological polar surface area (TPSA) is 32.3 Å². The Morgan fingerprint density at radius 1 is 1.24 bits per heavy atom. The van der Waals surface area contributed by atoms with Crippen LogP contribution in [0.15, 0.2) is 0 Å². The lowest BCUT2D eigenvalue weighted by Gasteiger charge is -2.27. The zero-order chi connectivity index (χ0) is 11.9. The van der Waals surface area contributed by atoms with Gasteiger partial charge in [-0.1, -0.05) is 12.8 Å². The minimum atomic E-state index is 0.352. The molecule has 0 radical (unpaired) electrons. The second kappa shape index (κ2) is 7.27. The molecule has 1 aliphatic heterocycles. The van der Waals surface area contributed by atoms with Gasteiger partial charge in [0, 0.05) is 38.4 Å². The zero-order valence-electron chi connectivity index (χ0n) is 10.6. The third-order valence-electron chi connectivity index (χ3n) is 3.76. The molecule has 1 amide bonds. The van der Waals surface area contributed by atoms with Crippen molar-refractivity contribution in [1.82, 2.24) is 10.2 Å². The van der Waals surface area contributed by atoms with Gasteiger partial charge < -0.3 is 10.2 Å². The summed E-state index contributed by atoms with van der Waals surface area (Å²) in [6, 6.07) is 0. The molecular weight excluding hydrogens is 232 g/mol.